The molecule has 28 heavy (non-hydrogen) atoms. The Balaban J connectivity index is 1.84. The molecule has 1 amide bonds. The molecule has 0 spiro atoms. The summed E-state index contributed by atoms with van der Waals surface area (Å²) in [5.74, 6) is 1.35. The second kappa shape index (κ2) is 9.03. The third-order valence-corrected chi connectivity index (χ3v) is 5.89. The van der Waals surface area contributed by atoms with Gasteiger partial charge in [0.05, 0.1) is 24.3 Å². The predicted octanol–water partition coefficient (Wildman–Crippen LogP) is 4.23. The number of carbonyl (C=O) groups excluding carboxylic acids is 1. The molecule has 150 valence electrons. The van der Waals surface area contributed by atoms with E-state index < -0.39 is 0 Å². The Bertz CT molecular complexity index is 860. The maximum atomic E-state index is 12.8. The van der Waals surface area contributed by atoms with E-state index in [0.717, 1.165) is 25.1 Å². The van der Waals surface area contributed by atoms with Gasteiger partial charge in [0, 0.05) is 24.1 Å². The molecule has 0 aliphatic carbocycles. The van der Waals surface area contributed by atoms with Crippen LogP contribution in [-0.4, -0.2) is 51.2 Å². The summed E-state index contributed by atoms with van der Waals surface area (Å²) in [6.45, 7) is 1.75. The zero-order chi connectivity index (χ0) is 20.3. The van der Waals surface area contributed by atoms with Crippen molar-refractivity contribution in [1.82, 2.24) is 10.2 Å². The molecule has 0 radical (unpaired) electrons. The first-order valence-corrected chi connectivity index (χ1v) is 9.85. The molecule has 1 N–H and O–H groups in total. The van der Waals surface area contributed by atoms with Gasteiger partial charge in [-0.25, -0.2) is 0 Å². The molecular weight excluding hydrogens is 399 g/mol. The number of methoxy groups -OCH3 is 2. The smallest absolute Gasteiger partial charge is 0.251 e. The molecule has 2 atom stereocenters. The summed E-state index contributed by atoms with van der Waals surface area (Å²) in [5, 5.41) is 3.98. The quantitative estimate of drug-likeness (QED) is 0.782. The summed E-state index contributed by atoms with van der Waals surface area (Å²) in [7, 11) is 5.33. The lowest BCUT2D eigenvalue weighted by Gasteiger charge is -2.37. The van der Waals surface area contributed by atoms with Crippen LogP contribution in [0.3, 0.4) is 0 Å². The van der Waals surface area contributed by atoms with E-state index in [1.165, 1.54) is 0 Å². The first-order chi connectivity index (χ1) is 13.4. The van der Waals surface area contributed by atoms with Gasteiger partial charge in [-0.05, 0) is 55.9 Å². The van der Waals surface area contributed by atoms with Gasteiger partial charge in [-0.15, -0.1) is 0 Å². The zero-order valence-electron chi connectivity index (χ0n) is 16.2. The van der Waals surface area contributed by atoms with Crippen LogP contribution in [0, 0.1) is 0 Å². The number of amides is 1. The molecule has 2 aromatic carbocycles. The molecule has 1 aliphatic rings. The van der Waals surface area contributed by atoms with E-state index in [1.54, 1.807) is 32.4 Å². The predicted molar refractivity (Wildman–Crippen MR) is 112 cm³/mol. The van der Waals surface area contributed by atoms with Crippen molar-refractivity contribution in [2.24, 2.45) is 0 Å². The minimum atomic E-state index is -0.154. The SMILES string of the molecule is COc1ccc([C@@H]2CN(C)CC[C@@H]2NC(=O)c2ccc(Cl)c(Cl)c2)cc1OC. The minimum Gasteiger partial charge on any atom is -0.493 e. The Labute approximate surface area is 175 Å². The van der Waals surface area contributed by atoms with E-state index in [1.807, 2.05) is 18.2 Å². The Hall–Kier alpha value is -1.95. The number of hydrogen-bond acceptors (Lipinski definition) is 4. The normalized spacial score (nSPS) is 19.9. The molecule has 0 saturated carbocycles. The highest BCUT2D eigenvalue weighted by molar-refractivity contribution is 6.42. The standard InChI is InChI=1S/C21H24Cl2N2O3/c1-25-9-8-18(24-21(26)14-4-6-16(22)17(23)10-14)15(12-25)13-5-7-19(27-2)20(11-13)28-3/h4-7,10-11,15,18H,8-9,12H2,1-3H3,(H,24,26)/t15-,18-/m0/s1. The Morgan fingerprint density at radius 1 is 1.07 bits per heavy atom. The van der Waals surface area contributed by atoms with E-state index in [2.05, 4.69) is 17.3 Å². The fourth-order valence-corrected chi connectivity index (χ4v) is 3.90. The van der Waals surface area contributed by atoms with E-state index in [4.69, 9.17) is 32.7 Å². The summed E-state index contributed by atoms with van der Waals surface area (Å²) in [5.41, 5.74) is 1.60. The van der Waals surface area contributed by atoms with E-state index in [-0.39, 0.29) is 17.9 Å². The number of nitrogens with one attached hydrogen (secondary N) is 1. The fourth-order valence-electron chi connectivity index (χ4n) is 3.60. The molecule has 2 aromatic rings. The van der Waals surface area contributed by atoms with Crippen molar-refractivity contribution >= 4 is 29.1 Å². The van der Waals surface area contributed by atoms with E-state index in [9.17, 15) is 4.79 Å². The molecule has 5 nitrogen and oxygen atoms in total. The van der Waals surface area contributed by atoms with Gasteiger partial charge in [-0.3, -0.25) is 4.79 Å². The fraction of sp³-hybridized carbons (Fsp3) is 0.381. The largest absolute Gasteiger partial charge is 0.493 e. The highest BCUT2D eigenvalue weighted by Gasteiger charge is 2.31. The molecule has 0 bridgehead atoms. The van der Waals surface area contributed by atoms with Crippen molar-refractivity contribution in [3.63, 3.8) is 0 Å². The van der Waals surface area contributed by atoms with Crippen molar-refractivity contribution in [3.05, 3.63) is 57.6 Å². The van der Waals surface area contributed by atoms with Gasteiger partial charge in [0.25, 0.3) is 5.91 Å². The van der Waals surface area contributed by atoms with Crippen molar-refractivity contribution in [2.45, 2.75) is 18.4 Å². The number of ether oxygens (including phenoxy) is 2. The summed E-state index contributed by atoms with van der Waals surface area (Å²) in [6.07, 6.45) is 0.850. The Morgan fingerprint density at radius 2 is 1.82 bits per heavy atom. The summed E-state index contributed by atoms with van der Waals surface area (Å²) in [4.78, 5) is 15.1. The van der Waals surface area contributed by atoms with Crippen LogP contribution in [0.4, 0.5) is 0 Å². The van der Waals surface area contributed by atoms with Crippen LogP contribution in [0.2, 0.25) is 10.0 Å². The lowest BCUT2D eigenvalue weighted by atomic mass is 9.85. The monoisotopic (exact) mass is 422 g/mol. The third-order valence-electron chi connectivity index (χ3n) is 5.15. The number of carbonyl (C=O) groups is 1. The van der Waals surface area contributed by atoms with Gasteiger partial charge in [0.15, 0.2) is 11.5 Å². The molecule has 0 aromatic heterocycles. The molecule has 7 heteroatoms. The number of nitrogens with zero attached hydrogens (tertiary/aromatic N) is 1. The molecule has 0 unspecified atom stereocenters. The lowest BCUT2D eigenvalue weighted by Crippen LogP contribution is -2.48. The Kier molecular flexibility index (Phi) is 6.70. The number of benzene rings is 2. The van der Waals surface area contributed by atoms with Crippen LogP contribution < -0.4 is 14.8 Å². The number of hydrogen-bond donors (Lipinski definition) is 1. The van der Waals surface area contributed by atoms with Crippen molar-refractivity contribution < 1.29 is 14.3 Å². The Morgan fingerprint density at radius 3 is 2.50 bits per heavy atom. The summed E-state index contributed by atoms with van der Waals surface area (Å²) < 4.78 is 10.8. The summed E-state index contributed by atoms with van der Waals surface area (Å²) >= 11 is 12.0. The topological polar surface area (TPSA) is 50.8 Å². The first-order valence-electron chi connectivity index (χ1n) is 9.09. The number of halogens is 2. The molecule has 1 fully saturated rings. The van der Waals surface area contributed by atoms with E-state index >= 15 is 0 Å². The third kappa shape index (κ3) is 4.54. The van der Waals surface area contributed by atoms with Crippen LogP contribution in [0.1, 0.15) is 28.3 Å². The summed E-state index contributed by atoms with van der Waals surface area (Å²) in [6, 6.07) is 10.8. The lowest BCUT2D eigenvalue weighted by molar-refractivity contribution is 0.0904. The maximum Gasteiger partial charge on any atom is 0.251 e. The maximum absolute atomic E-state index is 12.8. The molecular formula is C21H24Cl2N2O3. The van der Waals surface area contributed by atoms with Crippen molar-refractivity contribution in [1.29, 1.82) is 0 Å². The number of likely N-dealkylation sites (N-methyl/N-ethyl adjacent to an activating group) is 1. The highest BCUT2D eigenvalue weighted by atomic mass is 35.5. The van der Waals surface area contributed by atoms with Gasteiger partial charge in [-0.2, -0.15) is 0 Å². The second-order valence-corrected chi connectivity index (χ2v) is 7.80. The molecule has 1 aliphatic heterocycles. The van der Waals surface area contributed by atoms with Gasteiger partial charge in [-0.1, -0.05) is 29.3 Å². The number of rotatable bonds is 5. The zero-order valence-corrected chi connectivity index (χ0v) is 17.7. The molecule has 1 heterocycles. The average molecular weight is 423 g/mol. The first kappa shape index (κ1) is 20.8. The van der Waals surface area contributed by atoms with Crippen LogP contribution in [0.15, 0.2) is 36.4 Å². The number of piperidine rings is 1. The van der Waals surface area contributed by atoms with Gasteiger partial charge < -0.3 is 19.7 Å². The average Bonchev–Trinajstić information content (AvgIpc) is 2.70. The van der Waals surface area contributed by atoms with Gasteiger partial charge >= 0.3 is 0 Å². The van der Waals surface area contributed by atoms with Crippen LogP contribution >= 0.6 is 23.2 Å². The minimum absolute atomic E-state index is 0.00347. The van der Waals surface area contributed by atoms with Gasteiger partial charge in [0.1, 0.15) is 0 Å². The van der Waals surface area contributed by atoms with Gasteiger partial charge in [0.2, 0.25) is 0 Å². The molecule has 3 rings (SSSR count). The van der Waals surface area contributed by atoms with E-state index in [0.29, 0.717) is 27.1 Å². The molecule has 1 saturated heterocycles. The van der Waals surface area contributed by atoms with Crippen molar-refractivity contribution in [2.75, 3.05) is 34.4 Å². The highest BCUT2D eigenvalue weighted by Crippen LogP contribution is 2.34. The van der Waals surface area contributed by atoms with Crippen LogP contribution in [-0.2, 0) is 0 Å². The number of likely N-dealkylation sites (tertiary alicyclic amines) is 1. The van der Waals surface area contributed by atoms with Crippen molar-refractivity contribution in [3.8, 4) is 11.5 Å². The van der Waals surface area contributed by atoms with Crippen LogP contribution in [0.5, 0.6) is 11.5 Å². The second-order valence-electron chi connectivity index (χ2n) is 6.98. The van der Waals surface area contributed by atoms with Crippen LogP contribution in [0.25, 0.3) is 0 Å².